The number of ether oxygens (including phenoxy) is 2. The van der Waals surface area contributed by atoms with Crippen molar-refractivity contribution >= 4 is 11.6 Å². The minimum absolute atomic E-state index is 0.0237. The summed E-state index contributed by atoms with van der Waals surface area (Å²) in [4.78, 5) is 21.9. The van der Waals surface area contributed by atoms with Crippen molar-refractivity contribution in [3.63, 3.8) is 0 Å². The molecule has 0 aliphatic rings. The van der Waals surface area contributed by atoms with Crippen molar-refractivity contribution in [3.8, 4) is 5.75 Å². The molecule has 1 unspecified atom stereocenters. The van der Waals surface area contributed by atoms with Gasteiger partial charge in [-0.05, 0) is 25.5 Å². The molecule has 8 heteroatoms. The van der Waals surface area contributed by atoms with E-state index in [1.165, 1.54) is 13.2 Å². The van der Waals surface area contributed by atoms with E-state index in [2.05, 4.69) is 0 Å². The number of carbonyl (C=O) groups is 1. The molecule has 0 saturated heterocycles. The first-order chi connectivity index (χ1) is 9.40. The second kappa shape index (κ2) is 6.83. The molecule has 8 nitrogen and oxygen atoms in total. The SMILES string of the molecule is COCC(Oc1cc([N+](=O)[O-])c(C)cc1C)C(=O)NN. The summed E-state index contributed by atoms with van der Waals surface area (Å²) in [5, 5.41) is 10.9. The van der Waals surface area contributed by atoms with Crippen LogP contribution in [0, 0.1) is 24.0 Å². The number of carbonyl (C=O) groups excluding carboxylic acids is 1. The second-order valence-electron chi connectivity index (χ2n) is 4.23. The number of amides is 1. The molecule has 110 valence electrons. The first-order valence-corrected chi connectivity index (χ1v) is 5.82. The van der Waals surface area contributed by atoms with Gasteiger partial charge in [0.1, 0.15) is 5.75 Å². The first kappa shape index (κ1) is 15.9. The summed E-state index contributed by atoms with van der Waals surface area (Å²) < 4.78 is 10.3. The normalized spacial score (nSPS) is 11.8. The molecular weight excluding hydrogens is 266 g/mol. The number of methoxy groups -OCH3 is 1. The van der Waals surface area contributed by atoms with Crippen LogP contribution in [0.25, 0.3) is 0 Å². The second-order valence-corrected chi connectivity index (χ2v) is 4.23. The van der Waals surface area contributed by atoms with E-state index in [0.29, 0.717) is 11.1 Å². The zero-order chi connectivity index (χ0) is 15.3. The monoisotopic (exact) mass is 283 g/mol. The fourth-order valence-electron chi connectivity index (χ4n) is 1.71. The third-order valence-corrected chi connectivity index (χ3v) is 2.71. The molecule has 0 aliphatic carbocycles. The summed E-state index contributed by atoms with van der Waals surface area (Å²) in [6.07, 6.45) is -0.981. The topological polar surface area (TPSA) is 117 Å². The lowest BCUT2D eigenvalue weighted by Crippen LogP contribution is -2.44. The van der Waals surface area contributed by atoms with E-state index < -0.39 is 16.9 Å². The molecule has 20 heavy (non-hydrogen) atoms. The summed E-state index contributed by atoms with van der Waals surface area (Å²) >= 11 is 0. The molecular formula is C12H17N3O5. The quantitative estimate of drug-likeness (QED) is 0.341. The van der Waals surface area contributed by atoms with Crippen LogP contribution >= 0.6 is 0 Å². The molecule has 0 radical (unpaired) electrons. The predicted octanol–water partition coefficient (Wildman–Crippen LogP) is 0.595. The molecule has 1 rings (SSSR count). The molecule has 0 saturated carbocycles. The Hall–Kier alpha value is -2.19. The zero-order valence-corrected chi connectivity index (χ0v) is 11.5. The van der Waals surface area contributed by atoms with E-state index in [4.69, 9.17) is 15.3 Å². The smallest absolute Gasteiger partial charge is 0.277 e. The van der Waals surface area contributed by atoms with Crippen molar-refractivity contribution in [2.75, 3.05) is 13.7 Å². The molecule has 0 spiro atoms. The Labute approximate surface area is 116 Å². The highest BCUT2D eigenvalue weighted by atomic mass is 16.6. The zero-order valence-electron chi connectivity index (χ0n) is 11.5. The van der Waals surface area contributed by atoms with Crippen LogP contribution in [0.4, 0.5) is 5.69 Å². The molecule has 0 aromatic heterocycles. The van der Waals surface area contributed by atoms with Gasteiger partial charge < -0.3 is 9.47 Å². The Bertz CT molecular complexity index is 518. The van der Waals surface area contributed by atoms with Gasteiger partial charge in [0.2, 0.25) is 6.10 Å². The first-order valence-electron chi connectivity index (χ1n) is 5.82. The van der Waals surface area contributed by atoms with Crippen LogP contribution in [0.1, 0.15) is 11.1 Å². The summed E-state index contributed by atoms with van der Waals surface area (Å²) in [6, 6.07) is 2.91. The molecule has 1 aromatic carbocycles. The molecule has 1 aromatic rings. The van der Waals surface area contributed by atoms with Gasteiger partial charge in [-0.2, -0.15) is 0 Å². The van der Waals surface area contributed by atoms with Gasteiger partial charge in [-0.1, -0.05) is 0 Å². The van der Waals surface area contributed by atoms with Crippen LogP contribution in [0.15, 0.2) is 12.1 Å². The fourth-order valence-corrected chi connectivity index (χ4v) is 1.71. The highest BCUT2D eigenvalue weighted by molar-refractivity contribution is 5.80. The van der Waals surface area contributed by atoms with E-state index in [0.717, 1.165) is 0 Å². The van der Waals surface area contributed by atoms with Crippen LogP contribution in [0.5, 0.6) is 5.75 Å². The van der Waals surface area contributed by atoms with E-state index in [1.54, 1.807) is 19.9 Å². The average molecular weight is 283 g/mol. The third kappa shape index (κ3) is 3.65. The van der Waals surface area contributed by atoms with E-state index >= 15 is 0 Å². The van der Waals surface area contributed by atoms with Gasteiger partial charge in [0.25, 0.3) is 11.6 Å². The maximum absolute atomic E-state index is 11.5. The molecule has 0 aliphatic heterocycles. The van der Waals surface area contributed by atoms with Crippen LogP contribution in [-0.2, 0) is 9.53 Å². The van der Waals surface area contributed by atoms with Crippen molar-refractivity contribution in [1.82, 2.24) is 5.43 Å². The maximum atomic E-state index is 11.5. The van der Waals surface area contributed by atoms with Crippen LogP contribution < -0.4 is 16.0 Å². The van der Waals surface area contributed by atoms with Crippen LogP contribution in [0.2, 0.25) is 0 Å². The van der Waals surface area contributed by atoms with Gasteiger partial charge in [0, 0.05) is 12.7 Å². The third-order valence-electron chi connectivity index (χ3n) is 2.71. The molecule has 0 heterocycles. The van der Waals surface area contributed by atoms with Gasteiger partial charge in [0.05, 0.1) is 17.6 Å². The Morgan fingerprint density at radius 1 is 1.45 bits per heavy atom. The lowest BCUT2D eigenvalue weighted by molar-refractivity contribution is -0.385. The van der Waals surface area contributed by atoms with Gasteiger partial charge in [-0.15, -0.1) is 0 Å². The Morgan fingerprint density at radius 2 is 2.10 bits per heavy atom. The number of benzene rings is 1. The number of nitro benzene ring substituents is 1. The molecule has 3 N–H and O–H groups in total. The van der Waals surface area contributed by atoms with Gasteiger partial charge in [0.15, 0.2) is 0 Å². The molecule has 1 amide bonds. The molecule has 0 fully saturated rings. The summed E-state index contributed by atoms with van der Waals surface area (Å²) in [7, 11) is 1.41. The van der Waals surface area contributed by atoms with Gasteiger partial charge in [-0.3, -0.25) is 20.3 Å². The van der Waals surface area contributed by atoms with Crippen LogP contribution in [0.3, 0.4) is 0 Å². The Kier molecular flexibility index (Phi) is 5.42. The van der Waals surface area contributed by atoms with Crippen molar-refractivity contribution in [1.29, 1.82) is 0 Å². The Balaban J connectivity index is 3.09. The van der Waals surface area contributed by atoms with Crippen molar-refractivity contribution in [2.24, 2.45) is 5.84 Å². The number of nitrogens with one attached hydrogen (secondary N) is 1. The highest BCUT2D eigenvalue weighted by Crippen LogP contribution is 2.28. The van der Waals surface area contributed by atoms with Gasteiger partial charge >= 0.3 is 0 Å². The highest BCUT2D eigenvalue weighted by Gasteiger charge is 2.22. The molecule has 1 atom stereocenters. The predicted molar refractivity (Wildman–Crippen MR) is 71.2 cm³/mol. The van der Waals surface area contributed by atoms with Gasteiger partial charge in [-0.25, -0.2) is 5.84 Å². The minimum atomic E-state index is -0.981. The van der Waals surface area contributed by atoms with Crippen molar-refractivity contribution in [3.05, 3.63) is 33.4 Å². The van der Waals surface area contributed by atoms with Crippen LogP contribution in [-0.4, -0.2) is 30.7 Å². The number of hydrogen-bond acceptors (Lipinski definition) is 6. The largest absolute Gasteiger partial charge is 0.478 e. The number of nitrogens with two attached hydrogens (primary N) is 1. The summed E-state index contributed by atoms with van der Waals surface area (Å²) in [5.74, 6) is 4.72. The number of hydrogen-bond donors (Lipinski definition) is 2. The minimum Gasteiger partial charge on any atom is -0.478 e. The Morgan fingerprint density at radius 3 is 2.60 bits per heavy atom. The lowest BCUT2D eigenvalue weighted by Gasteiger charge is -2.18. The summed E-state index contributed by atoms with van der Waals surface area (Å²) in [5.41, 5.74) is 3.09. The van der Waals surface area contributed by atoms with E-state index in [1.807, 2.05) is 5.43 Å². The number of aryl methyl sites for hydroxylation is 2. The fraction of sp³-hybridized carbons (Fsp3) is 0.417. The molecule has 0 bridgehead atoms. The van der Waals surface area contributed by atoms with Crippen molar-refractivity contribution in [2.45, 2.75) is 20.0 Å². The lowest BCUT2D eigenvalue weighted by atomic mass is 10.1. The number of hydrazine groups is 1. The summed E-state index contributed by atoms with van der Waals surface area (Å²) in [6.45, 7) is 3.34. The van der Waals surface area contributed by atoms with E-state index in [-0.39, 0.29) is 18.0 Å². The maximum Gasteiger partial charge on any atom is 0.277 e. The van der Waals surface area contributed by atoms with E-state index in [9.17, 15) is 14.9 Å². The van der Waals surface area contributed by atoms with Crippen molar-refractivity contribution < 1.29 is 19.2 Å². The standard InChI is InChI=1S/C12H17N3O5/c1-7-4-8(2)10(5-9(7)15(17)18)20-11(6-19-3)12(16)14-13/h4-5,11H,6,13H2,1-3H3,(H,14,16). The average Bonchev–Trinajstić information content (AvgIpc) is 2.39. The number of nitrogens with zero attached hydrogens (tertiary/aromatic N) is 1. The number of nitro groups is 1. The number of rotatable bonds is 6.